The van der Waals surface area contributed by atoms with Gasteiger partial charge in [-0.2, -0.15) is 0 Å². The SMILES string of the molecule is Cc1ccncc1NC(=O)Cc1ccccc1N. The first-order chi connectivity index (χ1) is 8.66. The van der Waals surface area contributed by atoms with Crippen LogP contribution in [0.25, 0.3) is 0 Å². The van der Waals surface area contributed by atoms with Crippen LogP contribution in [0.4, 0.5) is 11.4 Å². The summed E-state index contributed by atoms with van der Waals surface area (Å²) < 4.78 is 0. The van der Waals surface area contributed by atoms with Gasteiger partial charge >= 0.3 is 0 Å². The number of pyridine rings is 1. The molecule has 2 aromatic rings. The number of amides is 1. The summed E-state index contributed by atoms with van der Waals surface area (Å²) in [7, 11) is 0. The molecule has 0 bridgehead atoms. The van der Waals surface area contributed by atoms with Crippen molar-refractivity contribution in [1.82, 2.24) is 4.98 Å². The molecule has 1 amide bonds. The molecule has 1 aromatic carbocycles. The largest absolute Gasteiger partial charge is 0.398 e. The number of carbonyl (C=O) groups excluding carboxylic acids is 1. The molecule has 1 heterocycles. The predicted molar refractivity (Wildman–Crippen MR) is 72.2 cm³/mol. The van der Waals surface area contributed by atoms with E-state index >= 15 is 0 Å². The Kier molecular flexibility index (Phi) is 3.57. The van der Waals surface area contributed by atoms with Gasteiger partial charge in [0, 0.05) is 11.9 Å². The van der Waals surface area contributed by atoms with Crippen LogP contribution in [0.3, 0.4) is 0 Å². The summed E-state index contributed by atoms with van der Waals surface area (Å²) in [6.45, 7) is 1.92. The number of hydrogen-bond donors (Lipinski definition) is 2. The van der Waals surface area contributed by atoms with Crippen molar-refractivity contribution in [1.29, 1.82) is 0 Å². The van der Waals surface area contributed by atoms with E-state index in [1.807, 2.05) is 31.2 Å². The van der Waals surface area contributed by atoms with Crippen LogP contribution in [-0.4, -0.2) is 10.9 Å². The maximum absolute atomic E-state index is 11.9. The first kappa shape index (κ1) is 12.1. The maximum atomic E-state index is 11.9. The average Bonchev–Trinajstić information content (AvgIpc) is 2.35. The zero-order valence-corrected chi connectivity index (χ0v) is 10.2. The van der Waals surface area contributed by atoms with E-state index < -0.39 is 0 Å². The third kappa shape index (κ3) is 2.85. The predicted octanol–water partition coefficient (Wildman–Crippen LogP) is 2.15. The van der Waals surface area contributed by atoms with Gasteiger partial charge in [0.25, 0.3) is 0 Å². The normalized spacial score (nSPS) is 10.1. The van der Waals surface area contributed by atoms with E-state index in [9.17, 15) is 4.79 Å². The van der Waals surface area contributed by atoms with Crippen molar-refractivity contribution in [2.75, 3.05) is 11.1 Å². The third-order valence-corrected chi connectivity index (χ3v) is 2.72. The highest BCUT2D eigenvalue weighted by atomic mass is 16.1. The number of aromatic nitrogens is 1. The maximum Gasteiger partial charge on any atom is 0.228 e. The Balaban J connectivity index is 2.06. The van der Waals surface area contributed by atoms with Gasteiger partial charge in [-0.3, -0.25) is 9.78 Å². The highest BCUT2D eigenvalue weighted by molar-refractivity contribution is 5.93. The Morgan fingerprint density at radius 3 is 2.83 bits per heavy atom. The van der Waals surface area contributed by atoms with Gasteiger partial charge in [-0.25, -0.2) is 0 Å². The molecule has 4 heteroatoms. The minimum atomic E-state index is -0.0935. The van der Waals surface area contributed by atoms with Crippen LogP contribution < -0.4 is 11.1 Å². The van der Waals surface area contributed by atoms with E-state index in [2.05, 4.69) is 10.3 Å². The molecule has 0 aliphatic rings. The molecular weight excluding hydrogens is 226 g/mol. The van der Waals surface area contributed by atoms with Gasteiger partial charge in [0.15, 0.2) is 0 Å². The molecule has 0 unspecified atom stereocenters. The quantitative estimate of drug-likeness (QED) is 0.809. The van der Waals surface area contributed by atoms with E-state index in [1.54, 1.807) is 18.5 Å². The molecule has 0 aliphatic heterocycles. The Bertz CT molecular complexity index is 517. The number of para-hydroxylation sites is 1. The van der Waals surface area contributed by atoms with E-state index in [-0.39, 0.29) is 12.3 Å². The molecule has 3 N–H and O–H groups in total. The van der Waals surface area contributed by atoms with Gasteiger partial charge in [-0.15, -0.1) is 0 Å². The lowest BCUT2D eigenvalue weighted by Crippen LogP contribution is -2.16. The number of nitrogens with one attached hydrogen (secondary N) is 1. The van der Waals surface area contributed by atoms with Gasteiger partial charge in [0.05, 0.1) is 18.3 Å². The minimum Gasteiger partial charge on any atom is -0.398 e. The van der Waals surface area contributed by atoms with E-state index in [0.29, 0.717) is 5.69 Å². The topological polar surface area (TPSA) is 68.0 Å². The molecule has 18 heavy (non-hydrogen) atoms. The summed E-state index contributed by atoms with van der Waals surface area (Å²) in [6, 6.07) is 9.21. The van der Waals surface area contributed by atoms with Crippen LogP contribution >= 0.6 is 0 Å². The molecule has 0 spiro atoms. The summed E-state index contributed by atoms with van der Waals surface area (Å²) in [4.78, 5) is 15.9. The number of anilines is 2. The number of nitrogens with zero attached hydrogens (tertiary/aromatic N) is 1. The molecule has 0 aliphatic carbocycles. The fourth-order valence-electron chi connectivity index (χ4n) is 1.66. The zero-order valence-electron chi connectivity index (χ0n) is 10.2. The second-order valence-corrected chi connectivity index (χ2v) is 4.11. The van der Waals surface area contributed by atoms with Crippen LogP contribution in [0.2, 0.25) is 0 Å². The molecule has 0 saturated heterocycles. The molecule has 0 atom stereocenters. The summed E-state index contributed by atoms with van der Waals surface area (Å²) in [5.74, 6) is -0.0935. The van der Waals surface area contributed by atoms with Crippen LogP contribution in [0, 0.1) is 6.92 Å². The monoisotopic (exact) mass is 241 g/mol. The van der Waals surface area contributed by atoms with Crippen molar-refractivity contribution in [3.63, 3.8) is 0 Å². The first-order valence-electron chi connectivity index (χ1n) is 5.70. The van der Waals surface area contributed by atoms with Crippen molar-refractivity contribution in [3.05, 3.63) is 53.9 Å². The Morgan fingerprint density at radius 1 is 1.33 bits per heavy atom. The first-order valence-corrected chi connectivity index (χ1v) is 5.70. The van der Waals surface area contributed by atoms with Crippen molar-refractivity contribution >= 4 is 17.3 Å². The van der Waals surface area contributed by atoms with Gasteiger partial charge in [-0.1, -0.05) is 18.2 Å². The summed E-state index contributed by atoms with van der Waals surface area (Å²) in [5, 5.41) is 2.83. The number of nitrogen functional groups attached to an aromatic ring is 1. The van der Waals surface area contributed by atoms with Gasteiger partial charge in [0.1, 0.15) is 0 Å². The zero-order chi connectivity index (χ0) is 13.0. The molecule has 0 radical (unpaired) electrons. The third-order valence-electron chi connectivity index (χ3n) is 2.72. The van der Waals surface area contributed by atoms with Gasteiger partial charge in [0.2, 0.25) is 5.91 Å². The Labute approximate surface area is 106 Å². The Morgan fingerprint density at radius 2 is 2.11 bits per heavy atom. The highest BCUT2D eigenvalue weighted by Crippen LogP contribution is 2.14. The van der Waals surface area contributed by atoms with Crippen molar-refractivity contribution in [2.45, 2.75) is 13.3 Å². The number of nitrogens with two attached hydrogens (primary N) is 1. The second-order valence-electron chi connectivity index (χ2n) is 4.11. The fraction of sp³-hybridized carbons (Fsp3) is 0.143. The second kappa shape index (κ2) is 5.31. The smallest absolute Gasteiger partial charge is 0.228 e. The number of rotatable bonds is 3. The number of carbonyl (C=O) groups is 1. The van der Waals surface area contributed by atoms with Crippen molar-refractivity contribution < 1.29 is 4.79 Å². The number of aryl methyl sites for hydroxylation is 1. The van der Waals surface area contributed by atoms with Crippen LogP contribution in [0.1, 0.15) is 11.1 Å². The van der Waals surface area contributed by atoms with E-state index in [1.165, 1.54) is 0 Å². The molecule has 0 saturated carbocycles. The van der Waals surface area contributed by atoms with Crippen LogP contribution in [-0.2, 0) is 11.2 Å². The van der Waals surface area contributed by atoms with Crippen molar-refractivity contribution in [2.24, 2.45) is 0 Å². The lowest BCUT2D eigenvalue weighted by Gasteiger charge is -2.08. The van der Waals surface area contributed by atoms with Crippen LogP contribution in [0.5, 0.6) is 0 Å². The lowest BCUT2D eigenvalue weighted by atomic mass is 10.1. The summed E-state index contributed by atoms with van der Waals surface area (Å²) in [5.41, 5.74) is 8.98. The van der Waals surface area contributed by atoms with Gasteiger partial charge < -0.3 is 11.1 Å². The average molecular weight is 241 g/mol. The number of hydrogen-bond acceptors (Lipinski definition) is 3. The van der Waals surface area contributed by atoms with E-state index in [4.69, 9.17) is 5.73 Å². The van der Waals surface area contributed by atoms with E-state index in [0.717, 1.165) is 16.8 Å². The van der Waals surface area contributed by atoms with Crippen molar-refractivity contribution in [3.8, 4) is 0 Å². The molecule has 4 nitrogen and oxygen atoms in total. The minimum absolute atomic E-state index is 0.0935. The fourth-order valence-corrected chi connectivity index (χ4v) is 1.66. The molecular formula is C14H15N3O. The Hall–Kier alpha value is -2.36. The molecule has 1 aromatic heterocycles. The summed E-state index contributed by atoms with van der Waals surface area (Å²) in [6.07, 6.45) is 3.60. The number of benzene rings is 1. The molecule has 92 valence electrons. The standard InChI is InChI=1S/C14H15N3O/c1-10-6-7-16-9-13(10)17-14(18)8-11-4-2-3-5-12(11)15/h2-7,9H,8,15H2,1H3,(H,17,18). The molecule has 2 rings (SSSR count). The molecule has 0 fully saturated rings. The van der Waals surface area contributed by atoms with Crippen LogP contribution in [0.15, 0.2) is 42.7 Å². The lowest BCUT2D eigenvalue weighted by molar-refractivity contribution is -0.115. The summed E-state index contributed by atoms with van der Waals surface area (Å²) >= 11 is 0. The van der Waals surface area contributed by atoms with Gasteiger partial charge in [-0.05, 0) is 30.2 Å². The highest BCUT2D eigenvalue weighted by Gasteiger charge is 2.07.